The Morgan fingerprint density at radius 3 is 2.76 bits per heavy atom. The lowest BCUT2D eigenvalue weighted by atomic mass is 9.74. The van der Waals surface area contributed by atoms with E-state index >= 15 is 0 Å². The van der Waals surface area contributed by atoms with Crippen LogP contribution in [-0.2, 0) is 5.41 Å². The second-order valence-electron chi connectivity index (χ2n) is 7.96. The number of anilines is 1. The highest BCUT2D eigenvalue weighted by Crippen LogP contribution is 2.44. The predicted octanol–water partition coefficient (Wildman–Crippen LogP) is 1.68. The number of fused-ring (bicyclic) bond motifs is 2. The van der Waals surface area contributed by atoms with Crippen molar-refractivity contribution in [3.05, 3.63) is 29.3 Å². The second-order valence-corrected chi connectivity index (χ2v) is 7.96. The van der Waals surface area contributed by atoms with Gasteiger partial charge in [0.2, 0.25) is 0 Å². The molecular weight excluding hydrogens is 312 g/mol. The number of nitrogens with one attached hydrogen (secondary N) is 2. The fraction of sp³-hybridized carbons (Fsp3) is 0.650. The molecule has 3 aliphatic heterocycles. The quantitative estimate of drug-likeness (QED) is 0.781. The minimum absolute atomic E-state index is 0.191. The van der Waals surface area contributed by atoms with E-state index in [9.17, 15) is 5.11 Å². The van der Waals surface area contributed by atoms with Crippen LogP contribution in [0.2, 0.25) is 0 Å². The van der Waals surface area contributed by atoms with Crippen LogP contribution in [0.15, 0.2) is 18.2 Å². The summed E-state index contributed by atoms with van der Waals surface area (Å²) in [6.45, 7) is 5.96. The Morgan fingerprint density at radius 2 is 2.04 bits per heavy atom. The lowest BCUT2D eigenvalue weighted by Crippen LogP contribution is -2.48. The van der Waals surface area contributed by atoms with Gasteiger partial charge < -0.3 is 20.6 Å². The molecule has 4 rings (SSSR count). The minimum atomic E-state index is -0.191. The first-order valence-electron chi connectivity index (χ1n) is 9.60. The van der Waals surface area contributed by atoms with Crippen LogP contribution in [-0.4, -0.2) is 55.4 Å². The first-order chi connectivity index (χ1) is 12.2. The molecule has 2 fully saturated rings. The molecule has 0 radical (unpaired) electrons. The summed E-state index contributed by atoms with van der Waals surface area (Å²) in [4.78, 5) is 2.44. The largest absolute Gasteiger partial charge is 0.392 e. The zero-order valence-corrected chi connectivity index (χ0v) is 14.8. The molecule has 25 heavy (non-hydrogen) atoms. The highest BCUT2D eigenvalue weighted by molar-refractivity contribution is 5.63. The molecule has 0 saturated carbocycles. The van der Waals surface area contributed by atoms with Crippen LogP contribution in [0.1, 0.15) is 36.8 Å². The molecule has 1 atom stereocenters. The van der Waals surface area contributed by atoms with E-state index in [1.165, 1.54) is 5.56 Å². The van der Waals surface area contributed by atoms with Crippen molar-refractivity contribution in [2.45, 2.75) is 37.2 Å². The Bertz CT molecular complexity index is 654. The van der Waals surface area contributed by atoms with Crippen molar-refractivity contribution in [3.63, 3.8) is 0 Å². The predicted molar refractivity (Wildman–Crippen MR) is 98.6 cm³/mol. The summed E-state index contributed by atoms with van der Waals surface area (Å²) in [6.07, 6.45) is 4.24. The van der Waals surface area contributed by atoms with Gasteiger partial charge in [-0.25, -0.2) is 0 Å². The van der Waals surface area contributed by atoms with Crippen molar-refractivity contribution >= 4 is 5.69 Å². The maximum absolute atomic E-state index is 10.6. The molecule has 3 N–H and O–H groups in total. The molecule has 2 saturated heterocycles. The summed E-state index contributed by atoms with van der Waals surface area (Å²) in [7, 11) is 0. The first-order valence-corrected chi connectivity index (χ1v) is 9.60. The Balaban J connectivity index is 1.37. The van der Waals surface area contributed by atoms with Gasteiger partial charge in [0, 0.05) is 24.2 Å². The molecule has 1 unspecified atom stereocenters. The molecule has 0 amide bonds. The topological polar surface area (TPSA) is 71.3 Å². The maximum Gasteiger partial charge on any atom is 0.0992 e. The zero-order valence-electron chi connectivity index (χ0n) is 14.8. The lowest BCUT2D eigenvalue weighted by molar-refractivity contribution is 0.0366. The van der Waals surface area contributed by atoms with Gasteiger partial charge >= 0.3 is 0 Å². The van der Waals surface area contributed by atoms with Gasteiger partial charge in [0.25, 0.3) is 0 Å². The van der Waals surface area contributed by atoms with Crippen LogP contribution in [0.5, 0.6) is 0 Å². The molecule has 0 aliphatic carbocycles. The smallest absolute Gasteiger partial charge is 0.0992 e. The second kappa shape index (κ2) is 6.95. The van der Waals surface area contributed by atoms with Gasteiger partial charge in [-0.3, -0.25) is 0 Å². The number of aliphatic hydroxyl groups excluding tert-OH is 1. The van der Waals surface area contributed by atoms with E-state index in [1.54, 1.807) is 0 Å². The zero-order chi connectivity index (χ0) is 17.3. The van der Waals surface area contributed by atoms with E-state index in [1.807, 2.05) is 12.1 Å². The van der Waals surface area contributed by atoms with Gasteiger partial charge in [0.1, 0.15) is 0 Å². The van der Waals surface area contributed by atoms with E-state index in [0.717, 1.165) is 76.2 Å². The summed E-state index contributed by atoms with van der Waals surface area (Å²) in [5.41, 5.74) is 3.46. The third-order valence-corrected chi connectivity index (χ3v) is 6.52. The van der Waals surface area contributed by atoms with Crippen molar-refractivity contribution < 1.29 is 5.11 Å². The van der Waals surface area contributed by atoms with Crippen molar-refractivity contribution in [1.29, 1.82) is 5.26 Å². The summed E-state index contributed by atoms with van der Waals surface area (Å²) < 4.78 is 0. The van der Waals surface area contributed by atoms with Crippen molar-refractivity contribution in [3.8, 4) is 6.07 Å². The van der Waals surface area contributed by atoms with Crippen molar-refractivity contribution in [2.75, 3.05) is 44.6 Å². The average Bonchev–Trinajstić information content (AvgIpc) is 3.02. The number of hydrogen-bond donors (Lipinski definition) is 3. The monoisotopic (exact) mass is 340 g/mol. The molecule has 5 nitrogen and oxygen atoms in total. The third kappa shape index (κ3) is 3.27. The number of nitrogens with zero attached hydrogens (tertiary/aromatic N) is 2. The molecule has 1 spiro atoms. The third-order valence-electron chi connectivity index (χ3n) is 6.52. The summed E-state index contributed by atoms with van der Waals surface area (Å²) >= 11 is 0. The van der Waals surface area contributed by atoms with E-state index in [-0.39, 0.29) is 11.5 Å². The molecule has 3 aliphatic rings. The summed E-state index contributed by atoms with van der Waals surface area (Å²) in [6, 6.07) is 8.30. The Morgan fingerprint density at radius 1 is 1.28 bits per heavy atom. The number of rotatable bonds is 3. The first kappa shape index (κ1) is 16.8. The Kier molecular flexibility index (Phi) is 4.68. The number of piperidine rings is 2. The van der Waals surface area contributed by atoms with Crippen LogP contribution < -0.4 is 10.6 Å². The van der Waals surface area contributed by atoms with Gasteiger partial charge in [0.15, 0.2) is 0 Å². The van der Waals surface area contributed by atoms with Crippen LogP contribution in [0.4, 0.5) is 5.69 Å². The Labute approximate surface area is 150 Å². The highest BCUT2D eigenvalue weighted by Gasteiger charge is 2.41. The van der Waals surface area contributed by atoms with Crippen LogP contribution in [0, 0.1) is 17.2 Å². The van der Waals surface area contributed by atoms with Gasteiger partial charge in [-0.05, 0) is 75.5 Å². The van der Waals surface area contributed by atoms with Gasteiger partial charge in [-0.2, -0.15) is 5.26 Å². The fourth-order valence-corrected chi connectivity index (χ4v) is 4.83. The maximum atomic E-state index is 10.6. The minimum Gasteiger partial charge on any atom is -0.392 e. The molecular formula is C20H28N4O. The molecule has 3 heterocycles. The van der Waals surface area contributed by atoms with Crippen molar-refractivity contribution in [2.24, 2.45) is 5.92 Å². The van der Waals surface area contributed by atoms with E-state index in [0.29, 0.717) is 5.92 Å². The van der Waals surface area contributed by atoms with E-state index in [4.69, 9.17) is 5.26 Å². The van der Waals surface area contributed by atoms with Gasteiger partial charge in [0.05, 0.1) is 17.7 Å². The normalized spacial score (nSPS) is 24.5. The number of β-amino-alcohol motifs (C(OH)–C–C–N with tert-alkyl or cyclic N) is 1. The average molecular weight is 340 g/mol. The van der Waals surface area contributed by atoms with Crippen LogP contribution in [0.25, 0.3) is 0 Å². The molecule has 5 heteroatoms. The number of likely N-dealkylation sites (tertiary alicyclic amines) is 1. The number of aliphatic hydroxyl groups is 1. The molecule has 134 valence electrons. The molecule has 0 bridgehead atoms. The molecule has 1 aromatic carbocycles. The van der Waals surface area contributed by atoms with Gasteiger partial charge in [-0.1, -0.05) is 6.07 Å². The standard InChI is InChI=1S/C20H28N4O/c21-12-15-1-2-17-18(11-15)23-14-20(17)5-9-24(10-6-20)13-19(25)16-3-7-22-8-4-16/h1-2,11,16,19,22-23,25H,3-10,13-14H2. The number of hydrogen-bond acceptors (Lipinski definition) is 5. The summed E-state index contributed by atoms with van der Waals surface area (Å²) in [5, 5.41) is 26.6. The molecule has 1 aromatic rings. The molecule has 0 aromatic heterocycles. The van der Waals surface area contributed by atoms with Crippen LogP contribution >= 0.6 is 0 Å². The highest BCUT2D eigenvalue weighted by atomic mass is 16.3. The number of nitriles is 1. The SMILES string of the molecule is N#Cc1ccc2c(c1)NCC21CCN(CC(O)C2CCNCC2)CC1. The summed E-state index contributed by atoms with van der Waals surface area (Å²) in [5.74, 6) is 0.454. The fourth-order valence-electron chi connectivity index (χ4n) is 4.83. The van der Waals surface area contributed by atoms with Crippen LogP contribution in [0.3, 0.4) is 0 Å². The van der Waals surface area contributed by atoms with E-state index in [2.05, 4.69) is 27.7 Å². The lowest BCUT2D eigenvalue weighted by Gasteiger charge is -2.41. The van der Waals surface area contributed by atoms with E-state index < -0.39 is 0 Å². The van der Waals surface area contributed by atoms with Crippen molar-refractivity contribution in [1.82, 2.24) is 10.2 Å². The Hall–Kier alpha value is -1.61. The number of benzene rings is 1. The van der Waals surface area contributed by atoms with Gasteiger partial charge in [-0.15, -0.1) is 0 Å².